The van der Waals surface area contributed by atoms with Crippen molar-refractivity contribution in [1.29, 1.82) is 0 Å². The van der Waals surface area contributed by atoms with Gasteiger partial charge in [0.25, 0.3) is 0 Å². The molecule has 0 aromatic carbocycles. The van der Waals surface area contributed by atoms with Gasteiger partial charge in [-0.05, 0) is 45.7 Å². The molecule has 0 aromatic heterocycles. The number of hydrogen-bond acceptors (Lipinski definition) is 3. The lowest BCUT2D eigenvalue weighted by Gasteiger charge is -2.37. The summed E-state index contributed by atoms with van der Waals surface area (Å²) in [5.41, 5.74) is 0. The highest BCUT2D eigenvalue weighted by molar-refractivity contribution is 5.79. The molecule has 2 saturated heterocycles. The molecule has 0 spiro atoms. The summed E-state index contributed by atoms with van der Waals surface area (Å²) in [7, 11) is 0. The molecule has 0 aliphatic carbocycles. The zero-order valence-electron chi connectivity index (χ0n) is 10.7. The van der Waals surface area contributed by atoms with E-state index in [4.69, 9.17) is 0 Å². The molecule has 98 valence electrons. The van der Waals surface area contributed by atoms with Gasteiger partial charge < -0.3 is 15.3 Å². The van der Waals surface area contributed by atoms with Crippen LogP contribution in [0.4, 0.5) is 0 Å². The van der Waals surface area contributed by atoms with E-state index in [9.17, 15) is 9.90 Å². The summed E-state index contributed by atoms with van der Waals surface area (Å²) in [6.45, 7) is 5.39. The van der Waals surface area contributed by atoms with E-state index in [1.807, 2.05) is 11.8 Å². The van der Waals surface area contributed by atoms with E-state index in [1.54, 1.807) is 0 Å². The molecule has 0 bridgehead atoms. The number of nitrogens with zero attached hydrogens (tertiary/aromatic N) is 1. The van der Waals surface area contributed by atoms with Gasteiger partial charge in [0.15, 0.2) is 0 Å². The summed E-state index contributed by atoms with van der Waals surface area (Å²) >= 11 is 0. The third-order valence-corrected chi connectivity index (χ3v) is 4.14. The third-order valence-electron chi connectivity index (χ3n) is 4.14. The number of carbonyl (C=O) groups is 1. The number of aliphatic hydroxyl groups excluding tert-OH is 1. The van der Waals surface area contributed by atoms with Gasteiger partial charge in [0.2, 0.25) is 5.91 Å². The van der Waals surface area contributed by atoms with Gasteiger partial charge in [0.05, 0.1) is 6.10 Å². The van der Waals surface area contributed by atoms with Crippen LogP contribution in [0.25, 0.3) is 0 Å². The Labute approximate surface area is 103 Å². The summed E-state index contributed by atoms with van der Waals surface area (Å²) in [5, 5.41) is 12.9. The molecule has 1 amide bonds. The smallest absolute Gasteiger partial charge is 0.225 e. The van der Waals surface area contributed by atoms with E-state index in [0.717, 1.165) is 51.9 Å². The van der Waals surface area contributed by atoms with E-state index in [-0.39, 0.29) is 17.9 Å². The number of rotatable bonds is 2. The molecular formula is C13H24N2O2. The van der Waals surface area contributed by atoms with Crippen molar-refractivity contribution in [1.82, 2.24) is 10.2 Å². The molecule has 2 atom stereocenters. The number of likely N-dealkylation sites (tertiary alicyclic amines) is 1. The molecule has 2 N–H and O–H groups in total. The molecule has 2 aliphatic rings. The Hall–Kier alpha value is -0.610. The first-order valence-electron chi connectivity index (χ1n) is 6.86. The zero-order valence-corrected chi connectivity index (χ0v) is 10.7. The fourth-order valence-electron chi connectivity index (χ4n) is 2.93. The van der Waals surface area contributed by atoms with Gasteiger partial charge in [-0.1, -0.05) is 0 Å². The topological polar surface area (TPSA) is 52.6 Å². The molecule has 4 nitrogen and oxygen atoms in total. The van der Waals surface area contributed by atoms with Crippen LogP contribution < -0.4 is 5.32 Å². The number of carbonyl (C=O) groups excluding carboxylic acids is 1. The van der Waals surface area contributed by atoms with E-state index >= 15 is 0 Å². The van der Waals surface area contributed by atoms with Crippen molar-refractivity contribution in [2.24, 2.45) is 11.8 Å². The second-order valence-corrected chi connectivity index (χ2v) is 5.45. The van der Waals surface area contributed by atoms with Gasteiger partial charge in [0, 0.05) is 24.9 Å². The van der Waals surface area contributed by atoms with Crippen molar-refractivity contribution in [3.05, 3.63) is 0 Å². The highest BCUT2D eigenvalue weighted by atomic mass is 16.3. The van der Waals surface area contributed by atoms with Crippen molar-refractivity contribution >= 4 is 5.91 Å². The van der Waals surface area contributed by atoms with Crippen LogP contribution in [0.1, 0.15) is 32.6 Å². The standard InChI is InChI=1S/C13H24N2O2/c1-10(16)12-3-2-8-15(9-12)13(17)11-4-6-14-7-5-11/h10-12,14,16H,2-9H2,1H3/t10-,12-/m1/s1. The Kier molecular flexibility index (Phi) is 4.40. The summed E-state index contributed by atoms with van der Waals surface area (Å²) < 4.78 is 0. The molecule has 2 rings (SSSR count). The van der Waals surface area contributed by atoms with E-state index < -0.39 is 0 Å². The lowest BCUT2D eigenvalue weighted by molar-refractivity contribution is -0.139. The van der Waals surface area contributed by atoms with Crippen LogP contribution in [-0.4, -0.2) is 48.2 Å². The Morgan fingerprint density at radius 1 is 1.35 bits per heavy atom. The van der Waals surface area contributed by atoms with Crippen LogP contribution in [0.3, 0.4) is 0 Å². The summed E-state index contributed by atoms with van der Waals surface area (Å²) in [6.07, 6.45) is 3.72. The first-order chi connectivity index (χ1) is 8.18. The highest BCUT2D eigenvalue weighted by Crippen LogP contribution is 2.23. The second-order valence-electron chi connectivity index (χ2n) is 5.45. The van der Waals surface area contributed by atoms with Crippen molar-refractivity contribution in [2.45, 2.75) is 38.7 Å². The summed E-state index contributed by atoms with van der Waals surface area (Å²) in [6, 6.07) is 0. The maximum atomic E-state index is 12.3. The van der Waals surface area contributed by atoms with Gasteiger partial charge in [-0.2, -0.15) is 0 Å². The number of hydrogen-bond donors (Lipinski definition) is 2. The molecule has 17 heavy (non-hydrogen) atoms. The first-order valence-corrected chi connectivity index (χ1v) is 6.86. The molecule has 2 fully saturated rings. The number of nitrogens with one attached hydrogen (secondary N) is 1. The number of amides is 1. The van der Waals surface area contributed by atoms with Crippen molar-refractivity contribution in [3.63, 3.8) is 0 Å². The molecule has 2 aliphatic heterocycles. The van der Waals surface area contributed by atoms with Crippen LogP contribution in [0.5, 0.6) is 0 Å². The Morgan fingerprint density at radius 3 is 2.71 bits per heavy atom. The van der Waals surface area contributed by atoms with Crippen LogP contribution in [-0.2, 0) is 4.79 Å². The molecule has 4 heteroatoms. The predicted molar refractivity (Wildman–Crippen MR) is 66.6 cm³/mol. The molecule has 0 aromatic rings. The molecule has 2 heterocycles. The van der Waals surface area contributed by atoms with Gasteiger partial charge in [-0.15, -0.1) is 0 Å². The van der Waals surface area contributed by atoms with E-state index in [2.05, 4.69) is 5.32 Å². The highest BCUT2D eigenvalue weighted by Gasteiger charge is 2.30. The second kappa shape index (κ2) is 5.83. The lowest BCUT2D eigenvalue weighted by atomic mass is 9.90. The van der Waals surface area contributed by atoms with Gasteiger partial charge in [-0.3, -0.25) is 4.79 Å². The predicted octanol–water partition coefficient (Wildman–Crippen LogP) is 0.605. The lowest BCUT2D eigenvalue weighted by Crippen LogP contribution is -2.47. The van der Waals surface area contributed by atoms with Crippen LogP contribution >= 0.6 is 0 Å². The molecule has 0 radical (unpaired) electrons. The van der Waals surface area contributed by atoms with Gasteiger partial charge in [0.1, 0.15) is 0 Å². The zero-order chi connectivity index (χ0) is 12.3. The Bertz CT molecular complexity index is 262. The van der Waals surface area contributed by atoms with Crippen LogP contribution in [0.15, 0.2) is 0 Å². The fraction of sp³-hybridized carbons (Fsp3) is 0.923. The summed E-state index contributed by atoms with van der Waals surface area (Å²) in [4.78, 5) is 14.3. The average molecular weight is 240 g/mol. The number of piperidine rings is 2. The van der Waals surface area contributed by atoms with E-state index in [1.165, 1.54) is 0 Å². The fourth-order valence-corrected chi connectivity index (χ4v) is 2.93. The molecular weight excluding hydrogens is 216 g/mol. The first kappa shape index (κ1) is 12.8. The maximum absolute atomic E-state index is 12.3. The molecule has 0 unspecified atom stereocenters. The quantitative estimate of drug-likeness (QED) is 0.743. The van der Waals surface area contributed by atoms with Crippen LogP contribution in [0, 0.1) is 11.8 Å². The van der Waals surface area contributed by atoms with Crippen LogP contribution in [0.2, 0.25) is 0 Å². The van der Waals surface area contributed by atoms with Crippen molar-refractivity contribution in [2.75, 3.05) is 26.2 Å². The number of aliphatic hydroxyl groups is 1. The minimum atomic E-state index is -0.293. The Balaban J connectivity index is 1.89. The summed E-state index contributed by atoms with van der Waals surface area (Å²) in [5.74, 6) is 0.801. The minimum absolute atomic E-state index is 0.212. The maximum Gasteiger partial charge on any atom is 0.225 e. The SMILES string of the molecule is C[C@@H](O)[C@@H]1CCCN(C(=O)C2CCNCC2)C1. The van der Waals surface area contributed by atoms with Gasteiger partial charge in [-0.25, -0.2) is 0 Å². The average Bonchev–Trinajstić information content (AvgIpc) is 2.39. The normalized spacial score (nSPS) is 29.1. The van der Waals surface area contributed by atoms with Gasteiger partial charge >= 0.3 is 0 Å². The largest absolute Gasteiger partial charge is 0.393 e. The Morgan fingerprint density at radius 2 is 2.06 bits per heavy atom. The third kappa shape index (κ3) is 3.19. The van der Waals surface area contributed by atoms with Crippen molar-refractivity contribution in [3.8, 4) is 0 Å². The molecule has 0 saturated carbocycles. The monoisotopic (exact) mass is 240 g/mol. The van der Waals surface area contributed by atoms with E-state index in [0.29, 0.717) is 5.91 Å². The minimum Gasteiger partial charge on any atom is -0.393 e. The van der Waals surface area contributed by atoms with Crippen molar-refractivity contribution < 1.29 is 9.90 Å².